The maximum Gasteiger partial charge on any atom is 0.416 e. The van der Waals surface area contributed by atoms with Gasteiger partial charge in [0, 0.05) is 25.6 Å². The van der Waals surface area contributed by atoms with Crippen LogP contribution in [0.2, 0.25) is 0 Å². The van der Waals surface area contributed by atoms with Gasteiger partial charge in [-0.05, 0) is 30.5 Å². The molecular weight excluding hydrogens is 325 g/mol. The van der Waals surface area contributed by atoms with Crippen LogP contribution in [0.4, 0.5) is 18.0 Å². The average Bonchev–Trinajstić information content (AvgIpc) is 3.30. The van der Waals surface area contributed by atoms with Crippen LogP contribution >= 0.6 is 0 Å². The van der Waals surface area contributed by atoms with E-state index < -0.39 is 23.7 Å². The van der Waals surface area contributed by atoms with Crippen LogP contribution in [0.1, 0.15) is 30.4 Å². The van der Waals surface area contributed by atoms with E-state index in [1.807, 2.05) is 0 Å². The normalized spacial score (nSPS) is 15.7. The van der Waals surface area contributed by atoms with Crippen molar-refractivity contribution < 1.29 is 27.9 Å². The lowest BCUT2D eigenvalue weighted by Crippen LogP contribution is -2.41. The van der Waals surface area contributed by atoms with E-state index >= 15 is 0 Å². The second-order valence-electron chi connectivity index (χ2n) is 6.08. The van der Waals surface area contributed by atoms with Crippen molar-refractivity contribution in [2.75, 3.05) is 20.1 Å². The molecule has 1 saturated carbocycles. The molecule has 0 unspecified atom stereocenters. The lowest BCUT2D eigenvalue weighted by molar-refractivity contribution is -0.138. The Morgan fingerprint density at radius 1 is 1.25 bits per heavy atom. The summed E-state index contributed by atoms with van der Waals surface area (Å²) in [6.07, 6.45) is -2.93. The van der Waals surface area contributed by atoms with Gasteiger partial charge in [-0.25, -0.2) is 4.79 Å². The molecule has 132 valence electrons. The maximum atomic E-state index is 12.6. The van der Waals surface area contributed by atoms with Crippen LogP contribution in [0.25, 0.3) is 0 Å². The first kappa shape index (κ1) is 18.1. The van der Waals surface area contributed by atoms with E-state index in [1.54, 1.807) is 0 Å². The van der Waals surface area contributed by atoms with Gasteiger partial charge in [-0.2, -0.15) is 13.2 Å². The summed E-state index contributed by atoms with van der Waals surface area (Å²) < 4.78 is 37.8. The molecule has 2 rings (SSSR count). The fourth-order valence-electron chi connectivity index (χ4n) is 2.48. The number of hydrogen-bond acceptors (Lipinski definition) is 2. The van der Waals surface area contributed by atoms with Crippen molar-refractivity contribution in [2.45, 2.75) is 30.9 Å². The minimum Gasteiger partial charge on any atom is -0.481 e. The predicted molar refractivity (Wildman–Crippen MR) is 80.6 cm³/mol. The summed E-state index contributed by atoms with van der Waals surface area (Å²) in [5.74, 6) is -0.988. The molecule has 5 nitrogen and oxygen atoms in total. The first-order valence-corrected chi connectivity index (χ1v) is 7.52. The number of aliphatic carboxylic acids is 1. The first-order chi connectivity index (χ1) is 11.1. The fourth-order valence-corrected chi connectivity index (χ4v) is 2.48. The second-order valence-corrected chi connectivity index (χ2v) is 6.08. The van der Waals surface area contributed by atoms with Crippen molar-refractivity contribution in [1.29, 1.82) is 0 Å². The van der Waals surface area contributed by atoms with Gasteiger partial charge in [0.15, 0.2) is 0 Å². The molecule has 1 aromatic rings. The Morgan fingerprint density at radius 2 is 1.83 bits per heavy atom. The minimum atomic E-state index is -4.36. The number of carbonyl (C=O) groups is 2. The van der Waals surface area contributed by atoms with Crippen LogP contribution < -0.4 is 5.32 Å². The molecular formula is C16H19F3N2O3. The Labute approximate surface area is 137 Å². The SMILES string of the molecule is CN(CCC(=O)O)C(=O)NCC1(c2ccc(C(F)(F)F)cc2)CC1. The van der Waals surface area contributed by atoms with E-state index in [1.165, 1.54) is 24.1 Å². The summed E-state index contributed by atoms with van der Waals surface area (Å²) >= 11 is 0. The summed E-state index contributed by atoms with van der Waals surface area (Å²) in [4.78, 5) is 23.7. The van der Waals surface area contributed by atoms with Gasteiger partial charge in [0.2, 0.25) is 0 Å². The van der Waals surface area contributed by atoms with Crippen molar-refractivity contribution >= 4 is 12.0 Å². The zero-order chi connectivity index (χ0) is 18.0. The number of urea groups is 1. The maximum absolute atomic E-state index is 12.6. The second kappa shape index (κ2) is 6.70. The van der Waals surface area contributed by atoms with E-state index in [2.05, 4.69) is 5.32 Å². The van der Waals surface area contributed by atoms with Gasteiger partial charge < -0.3 is 15.3 Å². The minimum absolute atomic E-state index is 0.0917. The van der Waals surface area contributed by atoms with Gasteiger partial charge in [-0.3, -0.25) is 4.79 Å². The van der Waals surface area contributed by atoms with E-state index in [-0.39, 0.29) is 18.4 Å². The molecule has 1 aromatic carbocycles. The van der Waals surface area contributed by atoms with Crippen LogP contribution in [-0.2, 0) is 16.4 Å². The number of hydrogen-bond donors (Lipinski definition) is 2. The first-order valence-electron chi connectivity index (χ1n) is 7.52. The molecule has 0 atom stereocenters. The summed E-state index contributed by atoms with van der Waals surface area (Å²) in [5.41, 5.74) is -0.253. The highest BCUT2D eigenvalue weighted by Crippen LogP contribution is 2.48. The van der Waals surface area contributed by atoms with Gasteiger partial charge in [-0.15, -0.1) is 0 Å². The topological polar surface area (TPSA) is 69.6 Å². The molecule has 0 aromatic heterocycles. The molecule has 2 N–H and O–H groups in total. The largest absolute Gasteiger partial charge is 0.481 e. The summed E-state index contributed by atoms with van der Waals surface area (Å²) in [6, 6.07) is 4.62. The van der Waals surface area contributed by atoms with E-state index in [9.17, 15) is 22.8 Å². The monoisotopic (exact) mass is 344 g/mol. The number of carboxylic acid groups (broad SMARTS) is 1. The van der Waals surface area contributed by atoms with Gasteiger partial charge in [0.25, 0.3) is 0 Å². The molecule has 0 aliphatic heterocycles. The lowest BCUT2D eigenvalue weighted by Gasteiger charge is -2.21. The average molecular weight is 344 g/mol. The van der Waals surface area contributed by atoms with Crippen LogP contribution in [0.15, 0.2) is 24.3 Å². The quantitative estimate of drug-likeness (QED) is 0.834. The molecule has 1 aliphatic carbocycles. The fraction of sp³-hybridized carbons (Fsp3) is 0.500. The van der Waals surface area contributed by atoms with Crippen molar-refractivity contribution in [3.63, 3.8) is 0 Å². The summed E-state index contributed by atoms with van der Waals surface area (Å²) in [5, 5.41) is 11.3. The highest BCUT2D eigenvalue weighted by Gasteiger charge is 2.44. The zero-order valence-corrected chi connectivity index (χ0v) is 13.2. The summed E-state index contributed by atoms with van der Waals surface area (Å²) in [6.45, 7) is 0.406. The molecule has 24 heavy (non-hydrogen) atoms. The van der Waals surface area contributed by atoms with Gasteiger partial charge in [0.05, 0.1) is 12.0 Å². The Kier molecular flexibility index (Phi) is 5.05. The third-order valence-corrected chi connectivity index (χ3v) is 4.26. The number of alkyl halides is 3. The van der Waals surface area contributed by atoms with Crippen LogP contribution in [0.5, 0.6) is 0 Å². The molecule has 0 radical (unpaired) electrons. The lowest BCUT2D eigenvalue weighted by atomic mass is 9.95. The number of benzene rings is 1. The van der Waals surface area contributed by atoms with E-state index in [0.29, 0.717) is 6.54 Å². The standard InChI is InChI=1S/C16H19F3N2O3/c1-21(9-6-13(22)23)14(24)20-10-15(7-8-15)11-2-4-12(5-3-11)16(17,18)19/h2-5H,6-10H2,1H3,(H,20,24)(H,22,23). The number of halogens is 3. The number of rotatable bonds is 6. The number of carbonyl (C=O) groups excluding carboxylic acids is 1. The molecule has 8 heteroatoms. The third-order valence-electron chi connectivity index (χ3n) is 4.26. The van der Waals surface area contributed by atoms with Crippen LogP contribution in [0.3, 0.4) is 0 Å². The number of carboxylic acids is 1. The third kappa shape index (κ3) is 4.39. The van der Waals surface area contributed by atoms with Gasteiger partial charge in [0.1, 0.15) is 0 Å². The van der Waals surface area contributed by atoms with E-state index in [0.717, 1.165) is 30.5 Å². The molecule has 0 bridgehead atoms. The van der Waals surface area contributed by atoms with Crippen LogP contribution in [-0.4, -0.2) is 42.1 Å². The molecule has 0 saturated heterocycles. The zero-order valence-electron chi connectivity index (χ0n) is 13.2. The van der Waals surface area contributed by atoms with Crippen molar-refractivity contribution in [1.82, 2.24) is 10.2 Å². The number of nitrogens with zero attached hydrogens (tertiary/aromatic N) is 1. The molecule has 1 fully saturated rings. The van der Waals surface area contributed by atoms with Crippen molar-refractivity contribution in [2.24, 2.45) is 0 Å². The molecule has 2 amide bonds. The Hall–Kier alpha value is -2.25. The highest BCUT2D eigenvalue weighted by molar-refractivity contribution is 5.75. The predicted octanol–water partition coefficient (Wildman–Crippen LogP) is 2.85. The van der Waals surface area contributed by atoms with Crippen molar-refractivity contribution in [3.05, 3.63) is 35.4 Å². The Bertz CT molecular complexity index is 610. The van der Waals surface area contributed by atoms with Crippen LogP contribution in [0, 0.1) is 0 Å². The summed E-state index contributed by atoms with van der Waals surface area (Å²) in [7, 11) is 1.50. The molecule has 0 spiro atoms. The smallest absolute Gasteiger partial charge is 0.416 e. The Balaban J connectivity index is 1.92. The van der Waals surface area contributed by atoms with E-state index in [4.69, 9.17) is 5.11 Å². The Morgan fingerprint density at radius 3 is 2.29 bits per heavy atom. The van der Waals surface area contributed by atoms with Gasteiger partial charge >= 0.3 is 18.2 Å². The van der Waals surface area contributed by atoms with Gasteiger partial charge in [-0.1, -0.05) is 12.1 Å². The molecule has 0 heterocycles. The number of amides is 2. The molecule has 1 aliphatic rings. The van der Waals surface area contributed by atoms with Crippen molar-refractivity contribution in [3.8, 4) is 0 Å². The highest BCUT2D eigenvalue weighted by atomic mass is 19.4. The number of nitrogens with one attached hydrogen (secondary N) is 1.